The second kappa shape index (κ2) is 10.2. The van der Waals surface area contributed by atoms with E-state index in [1.165, 1.54) is 0 Å². The molecule has 0 saturated carbocycles. The molecule has 1 N–H and O–H groups in total. The largest absolute Gasteiger partial charge is 0.408 e. The van der Waals surface area contributed by atoms with Gasteiger partial charge < -0.3 is 28.2 Å². The van der Waals surface area contributed by atoms with Crippen LogP contribution in [0.3, 0.4) is 0 Å². The van der Waals surface area contributed by atoms with Gasteiger partial charge in [-0.05, 0) is 49.2 Å². The molecular formula is C24H52O6Si3. The van der Waals surface area contributed by atoms with Crippen LogP contribution in [0.4, 0.5) is 0 Å². The van der Waals surface area contributed by atoms with Gasteiger partial charge in [0, 0.05) is 14.7 Å². The highest BCUT2D eigenvalue weighted by Gasteiger charge is 2.59. The molecule has 0 aromatic heterocycles. The van der Waals surface area contributed by atoms with Gasteiger partial charge in [-0.25, -0.2) is 0 Å². The zero-order valence-electron chi connectivity index (χ0n) is 23.8. The maximum Gasteiger partial charge on any atom is 0.192 e. The van der Waals surface area contributed by atoms with Crippen molar-refractivity contribution in [1.82, 2.24) is 0 Å². The van der Waals surface area contributed by atoms with Crippen LogP contribution >= 0.6 is 0 Å². The molecule has 1 heterocycles. The number of ether oxygens (including phenoxy) is 2. The van der Waals surface area contributed by atoms with Gasteiger partial charge in [0.15, 0.2) is 29.2 Å². The normalized spacial score (nSPS) is 30.4. The summed E-state index contributed by atoms with van der Waals surface area (Å²) in [5.74, 6) is 0. The molecule has 0 unspecified atom stereocenters. The lowest BCUT2D eigenvalue weighted by molar-refractivity contribution is -0.305. The van der Waals surface area contributed by atoms with Crippen molar-refractivity contribution >= 4 is 31.0 Å². The van der Waals surface area contributed by atoms with Crippen molar-refractivity contribution < 1.29 is 28.2 Å². The van der Waals surface area contributed by atoms with E-state index < -0.39 is 54.9 Å². The van der Waals surface area contributed by atoms with Crippen molar-refractivity contribution in [2.24, 2.45) is 0 Å². The van der Waals surface area contributed by atoms with Gasteiger partial charge in [0.25, 0.3) is 0 Å². The third kappa shape index (κ3) is 7.80. The first-order valence-electron chi connectivity index (χ1n) is 12.3. The first-order chi connectivity index (χ1) is 14.5. The third-order valence-electron chi connectivity index (χ3n) is 7.72. The molecule has 0 radical (unpaired) electrons. The molecule has 1 rings (SSSR count). The van der Waals surface area contributed by atoms with E-state index in [1.807, 2.05) is 0 Å². The monoisotopic (exact) mass is 520 g/mol. The number of rotatable bonds is 9. The van der Waals surface area contributed by atoms with Gasteiger partial charge in [-0.1, -0.05) is 61.2 Å². The Labute approximate surface area is 206 Å². The molecule has 6 nitrogen and oxygen atoms in total. The van der Waals surface area contributed by atoms with E-state index in [1.54, 1.807) is 6.92 Å². The average molecular weight is 521 g/mol. The molecular weight excluding hydrogens is 469 g/mol. The van der Waals surface area contributed by atoms with Crippen LogP contribution in [0.2, 0.25) is 61.9 Å². The molecule has 1 aliphatic rings. The van der Waals surface area contributed by atoms with Crippen LogP contribution in [0.15, 0.2) is 0 Å². The molecule has 0 aromatic rings. The summed E-state index contributed by atoms with van der Waals surface area (Å²) in [7, 11) is -5.94. The quantitative estimate of drug-likeness (QED) is 0.306. The molecule has 5 atom stereocenters. The molecule has 1 fully saturated rings. The summed E-state index contributed by atoms with van der Waals surface area (Å²) >= 11 is 0. The minimum absolute atomic E-state index is 0.0508. The molecule has 0 amide bonds. The predicted octanol–water partition coefficient (Wildman–Crippen LogP) is 5.80. The van der Waals surface area contributed by atoms with Crippen molar-refractivity contribution in [3.63, 3.8) is 0 Å². The van der Waals surface area contributed by atoms with Crippen molar-refractivity contribution in [2.75, 3.05) is 6.61 Å². The molecule has 1 aliphatic heterocycles. The fourth-order valence-corrected chi connectivity index (χ4v) is 6.46. The smallest absolute Gasteiger partial charge is 0.192 e. The predicted molar refractivity (Wildman–Crippen MR) is 144 cm³/mol. The van der Waals surface area contributed by atoms with Gasteiger partial charge in [0.2, 0.25) is 0 Å². The molecule has 9 heteroatoms. The maximum atomic E-state index is 12.0. The Morgan fingerprint density at radius 3 is 1.76 bits per heavy atom. The fourth-order valence-electron chi connectivity index (χ4n) is 3.10. The van der Waals surface area contributed by atoms with Gasteiger partial charge in [0.05, 0.1) is 0 Å². The van der Waals surface area contributed by atoms with E-state index in [9.17, 15) is 9.90 Å². The van der Waals surface area contributed by atoms with Crippen molar-refractivity contribution in [3.05, 3.63) is 0 Å². The third-order valence-corrected chi connectivity index (χ3v) is 18.4. The summed E-state index contributed by atoms with van der Waals surface area (Å²) in [6.07, 6.45) is -2.54. The van der Waals surface area contributed by atoms with Crippen LogP contribution in [-0.4, -0.2) is 72.9 Å². The second-order valence-electron chi connectivity index (χ2n) is 14.1. The maximum absolute atomic E-state index is 12.0. The van der Waals surface area contributed by atoms with E-state index in [-0.39, 0.29) is 10.1 Å². The zero-order valence-corrected chi connectivity index (χ0v) is 26.8. The first-order valence-corrected chi connectivity index (χ1v) is 21.8. The minimum Gasteiger partial charge on any atom is -0.408 e. The Bertz CT molecular complexity index is 659. The van der Waals surface area contributed by atoms with E-state index >= 15 is 0 Å². The highest BCUT2D eigenvalue weighted by molar-refractivity contribution is 6.76. The van der Waals surface area contributed by atoms with E-state index in [0.717, 1.165) is 6.04 Å². The van der Waals surface area contributed by atoms with Crippen molar-refractivity contribution in [2.45, 2.75) is 141 Å². The highest BCUT2D eigenvalue weighted by Crippen LogP contribution is 2.45. The van der Waals surface area contributed by atoms with Crippen LogP contribution in [0, 0.1) is 0 Å². The number of hydrogen-bond donors (Lipinski definition) is 1. The lowest BCUT2D eigenvalue weighted by Crippen LogP contribution is -2.70. The SMILES string of the molecule is CC(C)(C)[Si](C)(C)O[C@H]1[C@H](OCC[Si](C)(C)C)O[C@H](C=O)[C@@](C)(O)[C@@H]1O[Si](C)(C)C(C)(C)C. The second-order valence-corrected chi connectivity index (χ2v) is 29.2. The van der Waals surface area contributed by atoms with Crippen LogP contribution in [0.1, 0.15) is 48.5 Å². The summed E-state index contributed by atoms with van der Waals surface area (Å²) in [5, 5.41) is 11.5. The van der Waals surface area contributed by atoms with Gasteiger partial charge in [-0.3, -0.25) is 0 Å². The minimum atomic E-state index is -2.32. The summed E-state index contributed by atoms with van der Waals surface area (Å²) in [4.78, 5) is 12.0. The van der Waals surface area contributed by atoms with Crippen molar-refractivity contribution in [1.29, 1.82) is 0 Å². The number of aliphatic hydroxyl groups is 1. The fraction of sp³-hybridized carbons (Fsp3) is 0.958. The molecule has 0 aliphatic carbocycles. The summed E-state index contributed by atoms with van der Waals surface area (Å²) in [6.45, 7) is 30.7. The Hall–Kier alpha value is 0.121. The molecule has 33 heavy (non-hydrogen) atoms. The number of carbonyl (C=O) groups is 1. The lowest BCUT2D eigenvalue weighted by atomic mass is 9.86. The van der Waals surface area contributed by atoms with Gasteiger partial charge in [-0.15, -0.1) is 0 Å². The topological polar surface area (TPSA) is 74.2 Å². The molecule has 0 spiro atoms. The lowest BCUT2D eigenvalue weighted by Gasteiger charge is -2.54. The molecule has 0 bridgehead atoms. The summed E-state index contributed by atoms with van der Waals surface area (Å²) < 4.78 is 26.0. The highest BCUT2D eigenvalue weighted by atomic mass is 28.4. The summed E-state index contributed by atoms with van der Waals surface area (Å²) in [5.41, 5.74) is -1.54. The van der Waals surface area contributed by atoms with Crippen LogP contribution in [-0.2, 0) is 23.1 Å². The van der Waals surface area contributed by atoms with Crippen LogP contribution in [0.5, 0.6) is 0 Å². The number of carbonyl (C=O) groups excluding carboxylic acids is 1. The van der Waals surface area contributed by atoms with E-state index in [0.29, 0.717) is 12.9 Å². The zero-order chi connectivity index (χ0) is 26.3. The Morgan fingerprint density at radius 2 is 1.36 bits per heavy atom. The molecule has 196 valence electrons. The average Bonchev–Trinajstić information content (AvgIpc) is 2.56. The Balaban J connectivity index is 3.49. The van der Waals surface area contributed by atoms with E-state index in [4.69, 9.17) is 18.3 Å². The summed E-state index contributed by atoms with van der Waals surface area (Å²) in [6, 6.07) is 0.968. The van der Waals surface area contributed by atoms with E-state index in [2.05, 4.69) is 87.4 Å². The molecule has 1 saturated heterocycles. The molecule has 0 aromatic carbocycles. The number of hydrogen-bond acceptors (Lipinski definition) is 6. The Morgan fingerprint density at radius 1 is 0.909 bits per heavy atom. The standard InChI is InChI=1S/C24H52O6Si3/c1-22(2,3)32(11,12)29-19-20(30-33(13,14)23(4,5)6)24(7,26)18(17-25)28-21(19)27-15-16-31(8,9)10/h17-21,26H,15-16H2,1-14H3/t18-,19-,20-,21-,24-/m1/s1. The van der Waals surface area contributed by atoms with Crippen molar-refractivity contribution in [3.8, 4) is 0 Å². The van der Waals surface area contributed by atoms with Crippen LogP contribution in [0.25, 0.3) is 0 Å². The van der Waals surface area contributed by atoms with Gasteiger partial charge >= 0.3 is 0 Å². The first kappa shape index (κ1) is 31.2. The Kier molecular flexibility index (Phi) is 9.67. The van der Waals surface area contributed by atoms with Gasteiger partial charge in [-0.2, -0.15) is 0 Å². The van der Waals surface area contributed by atoms with Crippen LogP contribution < -0.4 is 0 Å². The van der Waals surface area contributed by atoms with Gasteiger partial charge in [0.1, 0.15) is 23.9 Å². The number of aldehydes is 1.